The SMILES string of the molecule is CCC(C)(C)c1ccc(OCCCCN=C2SC(=C3Sc4ccc(OC)cc4N3C)C(=O)N2C2CCCCC2)c(C(C)(C)CC)c1. The van der Waals surface area contributed by atoms with Gasteiger partial charge in [0.15, 0.2) is 5.17 Å². The number of rotatable bonds is 12. The van der Waals surface area contributed by atoms with Crippen LogP contribution in [0.4, 0.5) is 5.69 Å². The molecule has 0 unspecified atom stereocenters. The Hall–Kier alpha value is -2.58. The second kappa shape index (κ2) is 14.7. The van der Waals surface area contributed by atoms with Crippen molar-refractivity contribution in [2.24, 2.45) is 4.99 Å². The van der Waals surface area contributed by atoms with Crippen molar-refractivity contribution in [2.45, 2.75) is 121 Å². The summed E-state index contributed by atoms with van der Waals surface area (Å²) in [6, 6.07) is 13.1. The molecule has 46 heavy (non-hydrogen) atoms. The van der Waals surface area contributed by atoms with Crippen molar-refractivity contribution in [1.82, 2.24) is 4.90 Å². The lowest BCUT2D eigenvalue weighted by Gasteiger charge is -2.30. The van der Waals surface area contributed by atoms with Gasteiger partial charge in [0.25, 0.3) is 5.91 Å². The zero-order chi connectivity index (χ0) is 33.1. The van der Waals surface area contributed by atoms with Crippen molar-refractivity contribution in [2.75, 3.05) is 32.2 Å². The minimum atomic E-state index is 0.0429. The van der Waals surface area contributed by atoms with Gasteiger partial charge in [-0.1, -0.05) is 84.7 Å². The van der Waals surface area contributed by atoms with Crippen LogP contribution in [0.5, 0.6) is 11.5 Å². The van der Waals surface area contributed by atoms with Crippen LogP contribution in [0, 0.1) is 0 Å². The first-order valence-electron chi connectivity index (χ1n) is 17.2. The highest BCUT2D eigenvalue weighted by molar-refractivity contribution is 8.19. The summed E-state index contributed by atoms with van der Waals surface area (Å²) in [5, 5.41) is 1.85. The smallest absolute Gasteiger partial charge is 0.269 e. The van der Waals surface area contributed by atoms with E-state index < -0.39 is 0 Å². The van der Waals surface area contributed by atoms with Gasteiger partial charge in [-0.25, -0.2) is 0 Å². The molecule has 1 saturated carbocycles. The normalized spacial score (nSPS) is 20.2. The largest absolute Gasteiger partial charge is 0.497 e. The highest BCUT2D eigenvalue weighted by atomic mass is 32.2. The number of nitrogens with zero attached hydrogens (tertiary/aromatic N) is 3. The molecule has 250 valence electrons. The lowest BCUT2D eigenvalue weighted by atomic mass is 9.76. The predicted octanol–water partition coefficient (Wildman–Crippen LogP) is 9.90. The zero-order valence-electron chi connectivity index (χ0n) is 29.2. The maximum Gasteiger partial charge on any atom is 0.269 e. The lowest BCUT2D eigenvalue weighted by molar-refractivity contribution is -0.124. The van der Waals surface area contributed by atoms with Gasteiger partial charge in [0.05, 0.1) is 24.4 Å². The van der Waals surface area contributed by atoms with Gasteiger partial charge in [0.1, 0.15) is 16.4 Å². The molecule has 2 heterocycles. The van der Waals surface area contributed by atoms with Crippen LogP contribution in [0.2, 0.25) is 0 Å². The Kier molecular flexibility index (Phi) is 11.1. The van der Waals surface area contributed by atoms with Gasteiger partial charge in [-0.2, -0.15) is 0 Å². The first-order valence-corrected chi connectivity index (χ1v) is 18.8. The molecule has 3 aliphatic rings. The third kappa shape index (κ3) is 7.28. The number of fused-ring (bicyclic) bond motifs is 1. The van der Waals surface area contributed by atoms with Crippen LogP contribution in [0.15, 0.2) is 56.2 Å². The fourth-order valence-electron chi connectivity index (χ4n) is 6.31. The fourth-order valence-corrected chi connectivity index (χ4v) is 8.70. The number of hydrogen-bond acceptors (Lipinski definition) is 7. The molecule has 0 aromatic heterocycles. The molecule has 0 bridgehead atoms. The number of anilines is 1. The summed E-state index contributed by atoms with van der Waals surface area (Å²) in [6.45, 7) is 15.1. The van der Waals surface area contributed by atoms with Crippen molar-refractivity contribution in [1.29, 1.82) is 0 Å². The molecule has 1 aliphatic carbocycles. The molecule has 0 N–H and O–H groups in total. The van der Waals surface area contributed by atoms with Crippen LogP contribution in [-0.4, -0.2) is 49.3 Å². The summed E-state index contributed by atoms with van der Waals surface area (Å²) in [6.07, 6.45) is 9.66. The highest BCUT2D eigenvalue weighted by Crippen LogP contribution is 2.51. The first-order chi connectivity index (χ1) is 22.0. The van der Waals surface area contributed by atoms with Crippen LogP contribution < -0.4 is 14.4 Å². The average molecular weight is 664 g/mol. The minimum absolute atomic E-state index is 0.0429. The molecular weight excluding hydrogens is 611 g/mol. The van der Waals surface area contributed by atoms with E-state index in [0.717, 1.165) is 75.7 Å². The summed E-state index contributed by atoms with van der Waals surface area (Å²) in [5.41, 5.74) is 3.93. The standard InChI is InChI=1S/C38H53N3O3S2/c1-9-37(3,4)26-18-20-31(29(24-26)38(5,6)10-2)44-23-15-14-22-39-36-41(27-16-12-11-13-17-27)34(42)33(46-36)35-40(7)30-25-28(43-8)19-21-32(30)45-35/h18-21,24-25,27H,9-17,22-23H2,1-8H3. The molecule has 0 atom stereocenters. The van der Waals surface area contributed by atoms with E-state index in [1.165, 1.54) is 30.4 Å². The molecule has 1 amide bonds. The van der Waals surface area contributed by atoms with Crippen LogP contribution in [0.1, 0.15) is 110 Å². The van der Waals surface area contributed by atoms with Crippen molar-refractivity contribution in [3.05, 3.63) is 57.5 Å². The second-order valence-corrected chi connectivity index (χ2v) is 16.1. The van der Waals surface area contributed by atoms with Gasteiger partial charge in [-0.3, -0.25) is 14.7 Å². The summed E-state index contributed by atoms with van der Waals surface area (Å²) in [4.78, 5) is 25.2. The third-order valence-corrected chi connectivity index (χ3v) is 12.7. The van der Waals surface area contributed by atoms with Crippen molar-refractivity contribution in [3.8, 4) is 11.5 Å². The van der Waals surface area contributed by atoms with Gasteiger partial charge in [0.2, 0.25) is 0 Å². The van der Waals surface area contributed by atoms with Gasteiger partial charge >= 0.3 is 0 Å². The number of carbonyl (C=O) groups excluding carboxylic acids is 1. The van der Waals surface area contributed by atoms with Crippen molar-refractivity contribution < 1.29 is 14.3 Å². The van der Waals surface area contributed by atoms with E-state index in [1.54, 1.807) is 30.6 Å². The van der Waals surface area contributed by atoms with Crippen molar-refractivity contribution >= 4 is 40.3 Å². The maximum atomic E-state index is 14.0. The van der Waals surface area contributed by atoms with E-state index in [4.69, 9.17) is 14.5 Å². The molecule has 8 heteroatoms. The molecular formula is C38H53N3O3S2. The number of amidine groups is 1. The van der Waals surface area contributed by atoms with Gasteiger partial charge < -0.3 is 14.4 Å². The average Bonchev–Trinajstić information content (AvgIpc) is 3.57. The van der Waals surface area contributed by atoms with Crippen LogP contribution in [0.25, 0.3) is 0 Å². The number of unbranched alkanes of at least 4 members (excludes halogenated alkanes) is 1. The second-order valence-electron chi connectivity index (χ2n) is 14.1. The van der Waals surface area contributed by atoms with Gasteiger partial charge in [0, 0.05) is 36.2 Å². The van der Waals surface area contributed by atoms with Crippen molar-refractivity contribution in [3.63, 3.8) is 0 Å². The molecule has 2 aromatic rings. The monoisotopic (exact) mass is 663 g/mol. The summed E-state index contributed by atoms with van der Waals surface area (Å²) >= 11 is 3.22. The van der Waals surface area contributed by atoms with Crippen LogP contribution in [0.3, 0.4) is 0 Å². The summed E-state index contributed by atoms with van der Waals surface area (Å²) < 4.78 is 11.9. The molecule has 2 aromatic carbocycles. The number of ether oxygens (including phenoxy) is 2. The molecule has 2 fully saturated rings. The maximum absolute atomic E-state index is 14.0. The van der Waals surface area contributed by atoms with E-state index in [0.29, 0.717) is 13.2 Å². The number of aliphatic imine (C=N–C) groups is 1. The summed E-state index contributed by atoms with van der Waals surface area (Å²) in [7, 11) is 3.73. The predicted molar refractivity (Wildman–Crippen MR) is 196 cm³/mol. The topological polar surface area (TPSA) is 54.4 Å². The van der Waals surface area contributed by atoms with E-state index in [2.05, 4.69) is 70.7 Å². The molecule has 1 saturated heterocycles. The van der Waals surface area contributed by atoms with E-state index in [-0.39, 0.29) is 22.8 Å². The van der Waals surface area contributed by atoms with Crippen LogP contribution in [-0.2, 0) is 15.6 Å². The lowest BCUT2D eigenvalue weighted by Crippen LogP contribution is -2.40. The Labute approximate surface area is 285 Å². The number of amides is 1. The highest BCUT2D eigenvalue weighted by Gasteiger charge is 2.42. The Morgan fingerprint density at radius 2 is 1.67 bits per heavy atom. The van der Waals surface area contributed by atoms with Gasteiger partial charge in [-0.15, -0.1) is 0 Å². The third-order valence-electron chi connectivity index (χ3n) is 10.3. The Bertz CT molecular complexity index is 1480. The number of methoxy groups -OCH3 is 1. The van der Waals surface area contributed by atoms with Gasteiger partial charge in [-0.05, 0) is 84.9 Å². The molecule has 0 spiro atoms. The summed E-state index contributed by atoms with van der Waals surface area (Å²) in [5.74, 6) is 1.93. The molecule has 2 aliphatic heterocycles. The number of thioether (sulfide) groups is 2. The first kappa shape index (κ1) is 34.7. The Morgan fingerprint density at radius 1 is 0.935 bits per heavy atom. The number of carbonyl (C=O) groups is 1. The Morgan fingerprint density at radius 3 is 2.37 bits per heavy atom. The van der Waals surface area contributed by atoms with E-state index in [9.17, 15) is 4.79 Å². The minimum Gasteiger partial charge on any atom is -0.497 e. The van der Waals surface area contributed by atoms with E-state index >= 15 is 0 Å². The number of hydrogen-bond donors (Lipinski definition) is 0. The van der Waals surface area contributed by atoms with Crippen LogP contribution >= 0.6 is 23.5 Å². The molecule has 6 nitrogen and oxygen atoms in total. The number of benzene rings is 2. The molecule has 0 radical (unpaired) electrons. The Balaban J connectivity index is 1.27. The molecule has 5 rings (SSSR count). The zero-order valence-corrected chi connectivity index (χ0v) is 30.8. The van der Waals surface area contributed by atoms with E-state index in [1.807, 2.05) is 24.1 Å². The fraction of sp³-hybridized carbons (Fsp3) is 0.579. The quantitative estimate of drug-likeness (QED) is 0.166.